The molecule has 1 amide bonds. The second-order valence-electron chi connectivity index (χ2n) is 6.61. The zero-order valence-corrected chi connectivity index (χ0v) is 14.7. The predicted molar refractivity (Wildman–Crippen MR) is 93.7 cm³/mol. The quantitative estimate of drug-likeness (QED) is 0.866. The smallest absolute Gasteiger partial charge is 0.238 e. The van der Waals surface area contributed by atoms with Crippen LogP contribution in [-0.2, 0) is 4.79 Å². The fourth-order valence-electron chi connectivity index (χ4n) is 3.03. The Bertz CT molecular complexity index is 517. The van der Waals surface area contributed by atoms with Crippen molar-refractivity contribution < 1.29 is 9.90 Å². The van der Waals surface area contributed by atoms with E-state index in [1.165, 1.54) is 0 Å². The SMILES string of the molecule is Cc1cccc(C)c1NC(=O)CN1CCN(C(C)C(C)O)CC1. The van der Waals surface area contributed by atoms with E-state index in [1.54, 1.807) is 0 Å². The van der Waals surface area contributed by atoms with Crippen molar-refractivity contribution in [2.75, 3.05) is 38.0 Å². The highest BCUT2D eigenvalue weighted by Crippen LogP contribution is 2.19. The molecule has 2 unspecified atom stereocenters. The Morgan fingerprint density at radius 1 is 1.17 bits per heavy atom. The number of carbonyl (C=O) groups is 1. The number of amides is 1. The van der Waals surface area contributed by atoms with Crippen molar-refractivity contribution in [1.82, 2.24) is 9.80 Å². The first-order valence-corrected chi connectivity index (χ1v) is 8.39. The number of aryl methyl sites for hydroxylation is 2. The van der Waals surface area contributed by atoms with Crippen molar-refractivity contribution in [1.29, 1.82) is 0 Å². The lowest BCUT2D eigenvalue weighted by Gasteiger charge is -2.38. The van der Waals surface area contributed by atoms with Crippen LogP contribution < -0.4 is 5.32 Å². The molecule has 1 aliphatic rings. The molecule has 1 saturated heterocycles. The molecule has 128 valence electrons. The number of aliphatic hydroxyl groups is 1. The van der Waals surface area contributed by atoms with Crippen LogP contribution in [0.25, 0.3) is 0 Å². The summed E-state index contributed by atoms with van der Waals surface area (Å²) in [6, 6.07) is 6.20. The number of aliphatic hydroxyl groups excluding tert-OH is 1. The molecule has 5 nitrogen and oxygen atoms in total. The lowest BCUT2D eigenvalue weighted by molar-refractivity contribution is -0.117. The predicted octanol–water partition coefficient (Wildman–Crippen LogP) is 1.63. The van der Waals surface area contributed by atoms with E-state index in [0.29, 0.717) is 6.54 Å². The molecule has 1 aliphatic heterocycles. The summed E-state index contributed by atoms with van der Waals surface area (Å²) < 4.78 is 0. The Balaban J connectivity index is 1.83. The summed E-state index contributed by atoms with van der Waals surface area (Å²) in [6.07, 6.45) is -0.325. The molecule has 5 heteroatoms. The van der Waals surface area contributed by atoms with E-state index in [4.69, 9.17) is 0 Å². The van der Waals surface area contributed by atoms with Gasteiger partial charge >= 0.3 is 0 Å². The average Bonchev–Trinajstić information content (AvgIpc) is 2.51. The average molecular weight is 319 g/mol. The number of piperazine rings is 1. The first-order chi connectivity index (χ1) is 10.9. The fraction of sp³-hybridized carbons (Fsp3) is 0.611. The van der Waals surface area contributed by atoms with Gasteiger partial charge in [-0.3, -0.25) is 14.6 Å². The number of carbonyl (C=O) groups excluding carboxylic acids is 1. The van der Waals surface area contributed by atoms with Gasteiger partial charge in [0.15, 0.2) is 0 Å². The Hall–Kier alpha value is -1.43. The van der Waals surface area contributed by atoms with E-state index in [2.05, 4.69) is 15.1 Å². The van der Waals surface area contributed by atoms with Gasteiger partial charge in [0.25, 0.3) is 0 Å². The molecule has 1 aromatic rings. The minimum Gasteiger partial charge on any atom is -0.392 e. The fourth-order valence-corrected chi connectivity index (χ4v) is 3.03. The van der Waals surface area contributed by atoms with Crippen LogP contribution in [-0.4, -0.2) is 65.7 Å². The van der Waals surface area contributed by atoms with Crippen LogP contribution in [0.2, 0.25) is 0 Å². The minimum atomic E-state index is -0.325. The van der Waals surface area contributed by atoms with Crippen molar-refractivity contribution in [2.45, 2.75) is 39.8 Å². The largest absolute Gasteiger partial charge is 0.392 e. The summed E-state index contributed by atoms with van der Waals surface area (Å²) in [6.45, 7) is 11.8. The van der Waals surface area contributed by atoms with Gasteiger partial charge in [-0.05, 0) is 38.8 Å². The Labute approximate surface area is 139 Å². The standard InChI is InChI=1S/C18H29N3O2/c1-13-6-5-7-14(2)18(13)19-17(23)12-20-8-10-21(11-9-20)15(3)16(4)22/h5-7,15-16,22H,8-12H2,1-4H3,(H,19,23). The third kappa shape index (κ3) is 4.77. The second-order valence-corrected chi connectivity index (χ2v) is 6.61. The minimum absolute atomic E-state index is 0.0411. The maximum atomic E-state index is 12.3. The van der Waals surface area contributed by atoms with Crippen molar-refractivity contribution >= 4 is 11.6 Å². The Morgan fingerprint density at radius 3 is 2.26 bits per heavy atom. The van der Waals surface area contributed by atoms with Gasteiger partial charge in [-0.25, -0.2) is 0 Å². The van der Waals surface area contributed by atoms with Crippen LogP contribution in [0.15, 0.2) is 18.2 Å². The van der Waals surface area contributed by atoms with Crippen LogP contribution in [0.5, 0.6) is 0 Å². The van der Waals surface area contributed by atoms with Crippen molar-refractivity contribution in [3.8, 4) is 0 Å². The van der Waals surface area contributed by atoms with Crippen LogP contribution in [0.4, 0.5) is 5.69 Å². The van der Waals surface area contributed by atoms with Gasteiger partial charge in [-0.2, -0.15) is 0 Å². The zero-order valence-electron chi connectivity index (χ0n) is 14.7. The maximum Gasteiger partial charge on any atom is 0.238 e. The van der Waals surface area contributed by atoms with Crippen molar-refractivity contribution in [3.63, 3.8) is 0 Å². The molecular formula is C18H29N3O2. The summed E-state index contributed by atoms with van der Waals surface area (Å²) >= 11 is 0. The molecule has 0 bridgehead atoms. The third-order valence-electron chi connectivity index (χ3n) is 4.79. The van der Waals surface area contributed by atoms with Gasteiger partial charge in [0.05, 0.1) is 12.6 Å². The Kier molecular flexibility index (Phi) is 6.16. The molecule has 23 heavy (non-hydrogen) atoms. The van der Waals surface area contributed by atoms with E-state index in [-0.39, 0.29) is 18.1 Å². The van der Waals surface area contributed by atoms with Gasteiger partial charge in [-0.1, -0.05) is 18.2 Å². The number of para-hydroxylation sites is 1. The summed E-state index contributed by atoms with van der Waals surface area (Å²) in [7, 11) is 0. The molecule has 0 radical (unpaired) electrons. The van der Waals surface area contributed by atoms with Crippen LogP contribution in [0.3, 0.4) is 0 Å². The first kappa shape index (κ1) is 17.9. The topological polar surface area (TPSA) is 55.8 Å². The summed E-state index contributed by atoms with van der Waals surface area (Å²) in [5, 5.41) is 12.7. The number of nitrogens with one attached hydrogen (secondary N) is 1. The molecule has 1 heterocycles. The van der Waals surface area contributed by atoms with Crippen LogP contribution in [0, 0.1) is 13.8 Å². The number of rotatable bonds is 5. The number of nitrogens with zero attached hydrogens (tertiary/aromatic N) is 2. The van der Waals surface area contributed by atoms with E-state index < -0.39 is 0 Å². The molecule has 0 aromatic heterocycles. The van der Waals surface area contributed by atoms with Gasteiger partial charge in [0, 0.05) is 37.9 Å². The lowest BCUT2D eigenvalue weighted by atomic mass is 10.1. The molecule has 1 aromatic carbocycles. The third-order valence-corrected chi connectivity index (χ3v) is 4.79. The number of benzene rings is 1. The van der Waals surface area contributed by atoms with E-state index in [1.807, 2.05) is 45.9 Å². The molecule has 0 aliphatic carbocycles. The molecule has 2 rings (SSSR count). The second kappa shape index (κ2) is 7.90. The van der Waals surface area contributed by atoms with Crippen LogP contribution >= 0.6 is 0 Å². The normalized spacial score (nSPS) is 19.3. The molecule has 1 fully saturated rings. The van der Waals surface area contributed by atoms with Gasteiger partial charge in [0.2, 0.25) is 5.91 Å². The highest BCUT2D eigenvalue weighted by atomic mass is 16.3. The summed E-state index contributed by atoms with van der Waals surface area (Å²) in [5.74, 6) is 0.0411. The van der Waals surface area contributed by atoms with Crippen molar-refractivity contribution in [2.24, 2.45) is 0 Å². The summed E-state index contributed by atoms with van der Waals surface area (Å²) in [4.78, 5) is 16.8. The van der Waals surface area contributed by atoms with E-state index in [0.717, 1.165) is 43.0 Å². The highest BCUT2D eigenvalue weighted by Gasteiger charge is 2.24. The monoisotopic (exact) mass is 319 g/mol. The highest BCUT2D eigenvalue weighted by molar-refractivity contribution is 5.93. The Morgan fingerprint density at radius 2 is 1.74 bits per heavy atom. The number of hydrogen-bond acceptors (Lipinski definition) is 4. The van der Waals surface area contributed by atoms with Gasteiger partial charge in [-0.15, -0.1) is 0 Å². The summed E-state index contributed by atoms with van der Waals surface area (Å²) in [5.41, 5.74) is 3.11. The van der Waals surface area contributed by atoms with E-state index in [9.17, 15) is 9.90 Å². The van der Waals surface area contributed by atoms with Gasteiger partial charge in [0.1, 0.15) is 0 Å². The molecule has 2 atom stereocenters. The molecule has 2 N–H and O–H groups in total. The maximum absolute atomic E-state index is 12.3. The number of hydrogen-bond donors (Lipinski definition) is 2. The molecular weight excluding hydrogens is 290 g/mol. The van der Waals surface area contributed by atoms with Gasteiger partial charge < -0.3 is 10.4 Å². The lowest BCUT2D eigenvalue weighted by Crippen LogP contribution is -2.53. The number of anilines is 1. The first-order valence-electron chi connectivity index (χ1n) is 8.39. The zero-order chi connectivity index (χ0) is 17.0. The van der Waals surface area contributed by atoms with E-state index >= 15 is 0 Å². The van der Waals surface area contributed by atoms with Crippen LogP contribution in [0.1, 0.15) is 25.0 Å². The van der Waals surface area contributed by atoms with Crippen molar-refractivity contribution in [3.05, 3.63) is 29.3 Å². The molecule has 0 spiro atoms. The molecule has 0 saturated carbocycles.